The number of nitrogens with zero attached hydrogens (tertiary/aromatic N) is 2. The Bertz CT molecular complexity index is 217. The van der Waals surface area contributed by atoms with Gasteiger partial charge in [0.05, 0.1) is 0 Å². The molecule has 0 aromatic rings. The molecule has 2 heterocycles. The molecule has 2 aliphatic heterocycles. The van der Waals surface area contributed by atoms with Gasteiger partial charge in [-0.3, -0.25) is 4.90 Å². The molecule has 2 aliphatic rings. The summed E-state index contributed by atoms with van der Waals surface area (Å²) < 4.78 is 0. The molecular formula is C13H27N3. The van der Waals surface area contributed by atoms with Crippen molar-refractivity contribution < 1.29 is 0 Å². The van der Waals surface area contributed by atoms with Crippen LogP contribution in [-0.2, 0) is 0 Å². The van der Waals surface area contributed by atoms with Crippen molar-refractivity contribution in [3.05, 3.63) is 0 Å². The number of fused-ring (bicyclic) bond motifs is 1. The highest BCUT2D eigenvalue weighted by molar-refractivity contribution is 4.97. The summed E-state index contributed by atoms with van der Waals surface area (Å²) in [7, 11) is 4.33. The normalized spacial score (nSPS) is 34.9. The molecule has 0 spiro atoms. The second-order valence-corrected chi connectivity index (χ2v) is 5.71. The first-order valence-electron chi connectivity index (χ1n) is 6.82. The Balaban J connectivity index is 1.81. The predicted molar refractivity (Wildman–Crippen MR) is 68.7 cm³/mol. The molecule has 2 rings (SSSR count). The Labute approximate surface area is 100 Å². The molecule has 0 aromatic carbocycles. The molecule has 0 aliphatic carbocycles. The number of likely N-dealkylation sites (tertiary alicyclic amines) is 1. The molecule has 3 heteroatoms. The fraction of sp³-hybridized carbons (Fsp3) is 1.00. The van der Waals surface area contributed by atoms with Crippen LogP contribution < -0.4 is 5.32 Å². The van der Waals surface area contributed by atoms with Gasteiger partial charge in [0.25, 0.3) is 0 Å². The van der Waals surface area contributed by atoms with E-state index in [0.717, 1.165) is 17.9 Å². The second-order valence-electron chi connectivity index (χ2n) is 5.71. The quantitative estimate of drug-likeness (QED) is 0.749. The van der Waals surface area contributed by atoms with Crippen LogP contribution in [0.5, 0.6) is 0 Å². The third kappa shape index (κ3) is 2.58. The van der Waals surface area contributed by atoms with Crippen LogP contribution in [0, 0.1) is 11.8 Å². The van der Waals surface area contributed by atoms with Crippen LogP contribution in [0.15, 0.2) is 0 Å². The van der Waals surface area contributed by atoms with E-state index in [-0.39, 0.29) is 0 Å². The van der Waals surface area contributed by atoms with Crippen molar-refractivity contribution in [2.75, 3.05) is 46.8 Å². The van der Waals surface area contributed by atoms with Crippen LogP contribution in [0.3, 0.4) is 0 Å². The van der Waals surface area contributed by atoms with Crippen molar-refractivity contribution in [1.82, 2.24) is 15.1 Å². The molecule has 0 bridgehead atoms. The summed E-state index contributed by atoms with van der Waals surface area (Å²) in [5, 5.41) is 3.55. The van der Waals surface area contributed by atoms with Gasteiger partial charge in [0, 0.05) is 12.6 Å². The zero-order valence-corrected chi connectivity index (χ0v) is 11.1. The summed E-state index contributed by atoms with van der Waals surface area (Å²) in [5.41, 5.74) is 0. The van der Waals surface area contributed by atoms with E-state index in [4.69, 9.17) is 0 Å². The van der Waals surface area contributed by atoms with Crippen molar-refractivity contribution in [1.29, 1.82) is 0 Å². The maximum absolute atomic E-state index is 3.55. The topological polar surface area (TPSA) is 18.5 Å². The SMILES string of the molecule is CCC1C2CNCC2CN1CCCN(C)C. The van der Waals surface area contributed by atoms with Crippen molar-refractivity contribution in [3.8, 4) is 0 Å². The Kier molecular flexibility index (Phi) is 4.22. The third-order valence-corrected chi connectivity index (χ3v) is 4.29. The largest absolute Gasteiger partial charge is 0.316 e. The van der Waals surface area contributed by atoms with E-state index in [0.29, 0.717) is 0 Å². The number of rotatable bonds is 5. The standard InChI is InChI=1S/C13H27N3/c1-4-13-12-9-14-8-11(12)10-16(13)7-5-6-15(2)3/h11-14H,4-10H2,1-3H3. The predicted octanol–water partition coefficient (Wildman–Crippen LogP) is 0.868. The van der Waals surface area contributed by atoms with Crippen LogP contribution in [0.1, 0.15) is 19.8 Å². The minimum Gasteiger partial charge on any atom is -0.316 e. The fourth-order valence-electron chi connectivity index (χ4n) is 3.52. The molecule has 16 heavy (non-hydrogen) atoms. The number of hydrogen-bond acceptors (Lipinski definition) is 3. The first kappa shape index (κ1) is 12.3. The highest BCUT2D eigenvalue weighted by Gasteiger charge is 2.42. The third-order valence-electron chi connectivity index (χ3n) is 4.29. The molecule has 0 saturated carbocycles. The lowest BCUT2D eigenvalue weighted by Gasteiger charge is -2.27. The summed E-state index contributed by atoms with van der Waals surface area (Å²) in [4.78, 5) is 5.04. The van der Waals surface area contributed by atoms with Crippen LogP contribution in [-0.4, -0.2) is 62.7 Å². The molecule has 0 amide bonds. The van der Waals surface area contributed by atoms with Gasteiger partial charge in [0.2, 0.25) is 0 Å². The summed E-state index contributed by atoms with van der Waals surface area (Å²) >= 11 is 0. The van der Waals surface area contributed by atoms with Gasteiger partial charge in [-0.1, -0.05) is 6.92 Å². The van der Waals surface area contributed by atoms with Gasteiger partial charge in [-0.2, -0.15) is 0 Å². The van der Waals surface area contributed by atoms with Crippen molar-refractivity contribution in [3.63, 3.8) is 0 Å². The minimum absolute atomic E-state index is 0.849. The van der Waals surface area contributed by atoms with E-state index in [1.54, 1.807) is 0 Å². The molecule has 0 aromatic heterocycles. The van der Waals surface area contributed by atoms with Gasteiger partial charge >= 0.3 is 0 Å². The summed E-state index contributed by atoms with van der Waals surface area (Å²) in [6, 6.07) is 0.849. The number of nitrogens with one attached hydrogen (secondary N) is 1. The molecule has 3 nitrogen and oxygen atoms in total. The van der Waals surface area contributed by atoms with E-state index in [1.165, 1.54) is 45.6 Å². The minimum atomic E-state index is 0.849. The molecule has 0 radical (unpaired) electrons. The Morgan fingerprint density at radius 3 is 2.81 bits per heavy atom. The molecule has 3 unspecified atom stereocenters. The zero-order valence-electron chi connectivity index (χ0n) is 11.1. The van der Waals surface area contributed by atoms with E-state index in [9.17, 15) is 0 Å². The van der Waals surface area contributed by atoms with Gasteiger partial charge in [0.15, 0.2) is 0 Å². The van der Waals surface area contributed by atoms with E-state index in [2.05, 4.69) is 36.1 Å². The summed E-state index contributed by atoms with van der Waals surface area (Å²) in [6.07, 6.45) is 2.64. The average Bonchev–Trinajstić information content (AvgIpc) is 2.76. The fourth-order valence-corrected chi connectivity index (χ4v) is 3.52. The first-order valence-corrected chi connectivity index (χ1v) is 6.82. The lowest BCUT2D eigenvalue weighted by Crippen LogP contribution is -2.36. The Morgan fingerprint density at radius 2 is 2.12 bits per heavy atom. The zero-order chi connectivity index (χ0) is 11.5. The Hall–Kier alpha value is -0.120. The summed E-state index contributed by atoms with van der Waals surface area (Å²) in [6.45, 7) is 8.72. The molecule has 2 saturated heterocycles. The van der Waals surface area contributed by atoms with Gasteiger partial charge in [0.1, 0.15) is 0 Å². The smallest absolute Gasteiger partial charge is 0.0137 e. The molecular weight excluding hydrogens is 198 g/mol. The number of hydrogen-bond donors (Lipinski definition) is 1. The van der Waals surface area contributed by atoms with Crippen LogP contribution >= 0.6 is 0 Å². The van der Waals surface area contributed by atoms with Crippen LogP contribution in [0.25, 0.3) is 0 Å². The van der Waals surface area contributed by atoms with Crippen molar-refractivity contribution >= 4 is 0 Å². The average molecular weight is 225 g/mol. The van der Waals surface area contributed by atoms with Crippen molar-refractivity contribution in [2.24, 2.45) is 11.8 Å². The van der Waals surface area contributed by atoms with Crippen molar-refractivity contribution in [2.45, 2.75) is 25.8 Å². The molecule has 94 valence electrons. The first-order chi connectivity index (χ1) is 7.72. The monoisotopic (exact) mass is 225 g/mol. The van der Waals surface area contributed by atoms with E-state index < -0.39 is 0 Å². The van der Waals surface area contributed by atoms with Gasteiger partial charge in [-0.25, -0.2) is 0 Å². The van der Waals surface area contributed by atoms with Gasteiger partial charge in [-0.15, -0.1) is 0 Å². The van der Waals surface area contributed by atoms with Crippen LogP contribution in [0.2, 0.25) is 0 Å². The maximum Gasteiger partial charge on any atom is 0.0137 e. The van der Waals surface area contributed by atoms with E-state index in [1.807, 2.05) is 0 Å². The van der Waals surface area contributed by atoms with Gasteiger partial charge < -0.3 is 10.2 Å². The maximum atomic E-state index is 3.55. The van der Waals surface area contributed by atoms with Gasteiger partial charge in [-0.05, 0) is 65.0 Å². The molecule has 2 fully saturated rings. The van der Waals surface area contributed by atoms with E-state index >= 15 is 0 Å². The lowest BCUT2D eigenvalue weighted by molar-refractivity contribution is 0.208. The highest BCUT2D eigenvalue weighted by atomic mass is 15.2. The lowest BCUT2D eigenvalue weighted by atomic mass is 9.93. The summed E-state index contributed by atoms with van der Waals surface area (Å²) in [5.74, 6) is 1.87. The Morgan fingerprint density at radius 1 is 1.31 bits per heavy atom. The second kappa shape index (κ2) is 5.48. The highest BCUT2D eigenvalue weighted by Crippen LogP contribution is 2.34. The molecule has 1 N–H and O–H groups in total. The molecule has 3 atom stereocenters. The van der Waals surface area contributed by atoms with Crippen LogP contribution in [0.4, 0.5) is 0 Å².